The Hall–Kier alpha value is -1.91. The molecule has 0 radical (unpaired) electrons. The van der Waals surface area contributed by atoms with Crippen LogP contribution in [0.15, 0.2) is 6.07 Å². The first-order chi connectivity index (χ1) is 8.76. The van der Waals surface area contributed by atoms with E-state index < -0.39 is 0 Å². The van der Waals surface area contributed by atoms with Crippen LogP contribution in [0.3, 0.4) is 0 Å². The number of nitrogens with zero attached hydrogens (tertiary/aromatic N) is 1. The van der Waals surface area contributed by atoms with Crippen LogP contribution in [0.5, 0.6) is 17.2 Å². The van der Waals surface area contributed by atoms with Crippen molar-refractivity contribution in [2.24, 2.45) is 0 Å². The van der Waals surface area contributed by atoms with Crippen molar-refractivity contribution >= 4 is 12.1 Å². The van der Waals surface area contributed by atoms with Gasteiger partial charge in [0.05, 0.1) is 27.0 Å². The summed E-state index contributed by atoms with van der Waals surface area (Å²) in [5, 5.41) is 0. The molecule has 1 aliphatic rings. The lowest BCUT2D eigenvalue weighted by molar-refractivity contribution is -0.107. The highest BCUT2D eigenvalue weighted by Crippen LogP contribution is 2.46. The molecule has 0 aromatic heterocycles. The maximum atomic E-state index is 11.1. The number of hydrogen-bond donors (Lipinski definition) is 0. The summed E-state index contributed by atoms with van der Waals surface area (Å²) in [6.07, 6.45) is 2.62. The van der Waals surface area contributed by atoms with E-state index in [1.54, 1.807) is 26.2 Å². The van der Waals surface area contributed by atoms with Crippen molar-refractivity contribution in [2.45, 2.75) is 12.8 Å². The van der Waals surface area contributed by atoms with Gasteiger partial charge in [-0.3, -0.25) is 4.79 Å². The minimum Gasteiger partial charge on any atom is -0.493 e. The van der Waals surface area contributed by atoms with E-state index in [1.165, 1.54) is 0 Å². The highest BCUT2D eigenvalue weighted by atomic mass is 16.5. The number of amides is 1. The van der Waals surface area contributed by atoms with Gasteiger partial charge in [-0.1, -0.05) is 0 Å². The van der Waals surface area contributed by atoms with Crippen LogP contribution in [0.25, 0.3) is 0 Å². The molecule has 0 fully saturated rings. The second-order valence-corrected chi connectivity index (χ2v) is 4.05. The Morgan fingerprint density at radius 2 is 1.89 bits per heavy atom. The molecular formula is C13H17NO4. The second kappa shape index (κ2) is 5.16. The number of carbonyl (C=O) groups is 1. The Morgan fingerprint density at radius 1 is 1.17 bits per heavy atom. The molecule has 0 saturated carbocycles. The minimum atomic E-state index is 0.571. The Morgan fingerprint density at radius 3 is 2.44 bits per heavy atom. The van der Waals surface area contributed by atoms with E-state index in [2.05, 4.69) is 0 Å². The Bertz CT molecular complexity index is 459. The molecule has 0 atom stereocenters. The van der Waals surface area contributed by atoms with Crippen molar-refractivity contribution in [3.8, 4) is 17.2 Å². The highest BCUT2D eigenvalue weighted by molar-refractivity contribution is 5.82. The Labute approximate surface area is 106 Å². The molecule has 1 amide bonds. The number of hydrogen-bond acceptors (Lipinski definition) is 4. The number of anilines is 1. The summed E-state index contributed by atoms with van der Waals surface area (Å²) < 4.78 is 16.0. The zero-order chi connectivity index (χ0) is 13.1. The molecule has 0 unspecified atom stereocenters. The van der Waals surface area contributed by atoms with Gasteiger partial charge in [0.1, 0.15) is 0 Å². The molecule has 5 nitrogen and oxygen atoms in total. The van der Waals surface area contributed by atoms with E-state index in [0.29, 0.717) is 17.2 Å². The summed E-state index contributed by atoms with van der Waals surface area (Å²) >= 11 is 0. The van der Waals surface area contributed by atoms with Gasteiger partial charge in [0.25, 0.3) is 0 Å². The molecule has 0 bridgehead atoms. The van der Waals surface area contributed by atoms with Gasteiger partial charge in [-0.2, -0.15) is 0 Å². The zero-order valence-electron chi connectivity index (χ0n) is 10.9. The fourth-order valence-electron chi connectivity index (χ4n) is 2.36. The number of rotatable bonds is 4. The van der Waals surface area contributed by atoms with Crippen LogP contribution in [0, 0.1) is 0 Å². The van der Waals surface area contributed by atoms with Crippen LogP contribution in [-0.2, 0) is 11.2 Å². The van der Waals surface area contributed by atoms with Crippen molar-refractivity contribution in [3.63, 3.8) is 0 Å². The van der Waals surface area contributed by atoms with E-state index in [-0.39, 0.29) is 0 Å². The van der Waals surface area contributed by atoms with E-state index in [0.717, 1.165) is 37.0 Å². The number of ether oxygens (including phenoxy) is 3. The molecule has 0 saturated heterocycles. The van der Waals surface area contributed by atoms with Crippen LogP contribution < -0.4 is 19.1 Å². The third kappa shape index (κ3) is 1.85. The van der Waals surface area contributed by atoms with E-state index in [9.17, 15) is 4.79 Å². The van der Waals surface area contributed by atoms with Crippen LogP contribution in [0.4, 0.5) is 5.69 Å². The van der Waals surface area contributed by atoms with Gasteiger partial charge in [0.15, 0.2) is 11.5 Å². The lowest BCUT2D eigenvalue weighted by Gasteiger charge is -2.28. The average Bonchev–Trinajstić information content (AvgIpc) is 2.44. The third-order valence-electron chi connectivity index (χ3n) is 3.17. The number of methoxy groups -OCH3 is 3. The van der Waals surface area contributed by atoms with Gasteiger partial charge in [0, 0.05) is 18.2 Å². The Balaban J connectivity index is 2.65. The average molecular weight is 251 g/mol. The van der Waals surface area contributed by atoms with E-state index in [4.69, 9.17) is 14.2 Å². The number of fused-ring (bicyclic) bond motifs is 1. The number of benzene rings is 1. The number of carbonyl (C=O) groups excluding carboxylic acids is 1. The third-order valence-corrected chi connectivity index (χ3v) is 3.17. The molecule has 0 spiro atoms. The van der Waals surface area contributed by atoms with Crippen molar-refractivity contribution in [1.82, 2.24) is 0 Å². The van der Waals surface area contributed by atoms with E-state index >= 15 is 0 Å². The smallest absolute Gasteiger partial charge is 0.214 e. The molecule has 0 N–H and O–H groups in total. The van der Waals surface area contributed by atoms with Crippen molar-refractivity contribution < 1.29 is 19.0 Å². The molecule has 0 aliphatic carbocycles. The Kier molecular flexibility index (Phi) is 3.60. The maximum Gasteiger partial charge on any atom is 0.214 e. The van der Waals surface area contributed by atoms with Crippen molar-refractivity contribution in [1.29, 1.82) is 0 Å². The normalized spacial score (nSPS) is 13.8. The summed E-state index contributed by atoms with van der Waals surface area (Å²) in [5.74, 6) is 1.80. The topological polar surface area (TPSA) is 48.0 Å². The van der Waals surface area contributed by atoms with Gasteiger partial charge in [-0.05, 0) is 12.8 Å². The van der Waals surface area contributed by atoms with Crippen molar-refractivity contribution in [2.75, 3.05) is 32.8 Å². The summed E-state index contributed by atoms with van der Waals surface area (Å²) in [6, 6.07) is 1.82. The van der Waals surface area contributed by atoms with Gasteiger partial charge >= 0.3 is 0 Å². The summed E-state index contributed by atoms with van der Waals surface area (Å²) in [6.45, 7) is 0.717. The van der Waals surface area contributed by atoms with Crippen LogP contribution >= 0.6 is 0 Å². The predicted octanol–water partition coefficient (Wildman–Crippen LogP) is 1.62. The molecule has 1 aromatic rings. The van der Waals surface area contributed by atoms with Crippen LogP contribution in [0.1, 0.15) is 12.0 Å². The van der Waals surface area contributed by atoms with Gasteiger partial charge in [-0.15, -0.1) is 0 Å². The lowest BCUT2D eigenvalue weighted by atomic mass is 10.00. The molecular weight excluding hydrogens is 234 g/mol. The molecule has 18 heavy (non-hydrogen) atoms. The largest absolute Gasteiger partial charge is 0.493 e. The highest BCUT2D eigenvalue weighted by Gasteiger charge is 2.26. The molecule has 5 heteroatoms. The van der Waals surface area contributed by atoms with E-state index in [1.807, 2.05) is 6.07 Å². The fraction of sp³-hybridized carbons (Fsp3) is 0.462. The quantitative estimate of drug-likeness (QED) is 0.763. The summed E-state index contributed by atoms with van der Waals surface area (Å²) in [4.78, 5) is 12.8. The minimum absolute atomic E-state index is 0.571. The summed E-state index contributed by atoms with van der Waals surface area (Å²) in [5.41, 5.74) is 1.83. The lowest BCUT2D eigenvalue weighted by Crippen LogP contribution is -2.28. The second-order valence-electron chi connectivity index (χ2n) is 4.05. The first kappa shape index (κ1) is 12.5. The van der Waals surface area contributed by atoms with Crippen molar-refractivity contribution in [3.05, 3.63) is 11.6 Å². The molecule has 1 aliphatic heterocycles. The van der Waals surface area contributed by atoms with Gasteiger partial charge < -0.3 is 19.1 Å². The van der Waals surface area contributed by atoms with Gasteiger partial charge in [0.2, 0.25) is 12.2 Å². The molecule has 98 valence electrons. The van der Waals surface area contributed by atoms with Crippen LogP contribution in [-0.4, -0.2) is 34.3 Å². The SMILES string of the molecule is COc1cc2c(c(OC)c1OC)CCCN2C=O. The maximum absolute atomic E-state index is 11.1. The van der Waals surface area contributed by atoms with Crippen LogP contribution in [0.2, 0.25) is 0 Å². The predicted molar refractivity (Wildman–Crippen MR) is 67.8 cm³/mol. The first-order valence-electron chi connectivity index (χ1n) is 5.80. The standard InChI is InChI=1S/C13H17NO4/c1-16-11-7-10-9(5-4-6-14(10)8-15)12(17-2)13(11)18-3/h7-8H,4-6H2,1-3H3. The van der Waals surface area contributed by atoms with Gasteiger partial charge in [-0.25, -0.2) is 0 Å². The molecule has 2 rings (SSSR count). The molecule has 1 heterocycles. The zero-order valence-corrected chi connectivity index (χ0v) is 10.9. The molecule has 1 aromatic carbocycles. The first-order valence-corrected chi connectivity index (χ1v) is 5.80. The monoisotopic (exact) mass is 251 g/mol. The summed E-state index contributed by atoms with van der Waals surface area (Å²) in [7, 11) is 4.74. The fourth-order valence-corrected chi connectivity index (χ4v) is 2.36.